The van der Waals surface area contributed by atoms with Crippen LogP contribution >= 0.6 is 0 Å². The van der Waals surface area contributed by atoms with Gasteiger partial charge in [-0.25, -0.2) is 0 Å². The van der Waals surface area contributed by atoms with E-state index in [2.05, 4.69) is 10.0 Å². The van der Waals surface area contributed by atoms with Crippen molar-refractivity contribution in [1.82, 2.24) is 0 Å². The molecule has 2 aliphatic heterocycles. The average molecular weight is 283 g/mol. The molecule has 2 saturated heterocycles. The molecule has 3 fully saturated rings. The molecule has 1 aliphatic carbocycles. The van der Waals surface area contributed by atoms with Gasteiger partial charge < -0.3 is 18.9 Å². The quantitative estimate of drug-likeness (QED) is 0.420. The molecule has 112 valence electrons. The van der Waals surface area contributed by atoms with Crippen molar-refractivity contribution in [2.24, 2.45) is 11.0 Å². The first-order chi connectivity index (χ1) is 9.31. The van der Waals surface area contributed by atoms with Gasteiger partial charge in [-0.1, -0.05) is 5.11 Å². The second-order valence-corrected chi connectivity index (χ2v) is 6.60. The number of hydrogen-bond acceptors (Lipinski definition) is 5. The maximum atomic E-state index is 8.84. The minimum atomic E-state index is -0.650. The van der Waals surface area contributed by atoms with Crippen molar-refractivity contribution < 1.29 is 18.9 Å². The Hall–Kier alpha value is -0.850. The van der Waals surface area contributed by atoms with Crippen LogP contribution in [0.3, 0.4) is 0 Å². The van der Waals surface area contributed by atoms with E-state index in [1.54, 1.807) is 0 Å². The third-order valence-electron chi connectivity index (χ3n) is 4.18. The van der Waals surface area contributed by atoms with Gasteiger partial charge in [0.2, 0.25) is 0 Å². The van der Waals surface area contributed by atoms with Crippen LogP contribution in [0.1, 0.15) is 34.1 Å². The number of rotatable bonds is 1. The fraction of sp³-hybridized carbons (Fsp3) is 1.00. The average Bonchev–Trinajstić information content (AvgIpc) is 2.61. The molecular formula is C13H21N3O4. The summed E-state index contributed by atoms with van der Waals surface area (Å²) in [5, 5.41) is 3.94. The van der Waals surface area contributed by atoms with E-state index in [-0.39, 0.29) is 30.3 Å². The number of fused-ring (bicyclic) bond motifs is 2. The Labute approximate surface area is 118 Å². The Bertz CT molecular complexity index is 447. The lowest BCUT2D eigenvalue weighted by molar-refractivity contribution is -0.307. The summed E-state index contributed by atoms with van der Waals surface area (Å²) < 4.78 is 23.5. The van der Waals surface area contributed by atoms with Crippen molar-refractivity contribution in [1.29, 1.82) is 0 Å². The van der Waals surface area contributed by atoms with E-state index >= 15 is 0 Å². The van der Waals surface area contributed by atoms with Gasteiger partial charge in [0.15, 0.2) is 11.6 Å². The molecule has 7 nitrogen and oxygen atoms in total. The fourth-order valence-corrected chi connectivity index (χ4v) is 3.45. The molecule has 0 N–H and O–H groups in total. The molecule has 0 amide bonds. The highest BCUT2D eigenvalue weighted by atomic mass is 16.8. The molecule has 1 saturated carbocycles. The van der Waals surface area contributed by atoms with Crippen molar-refractivity contribution in [2.75, 3.05) is 6.61 Å². The molecule has 0 aromatic heterocycles. The first-order valence-corrected chi connectivity index (χ1v) is 7.03. The van der Waals surface area contributed by atoms with Crippen LogP contribution in [0.15, 0.2) is 5.11 Å². The molecule has 5 atom stereocenters. The summed E-state index contributed by atoms with van der Waals surface area (Å²) >= 11 is 0. The van der Waals surface area contributed by atoms with Gasteiger partial charge in [-0.2, -0.15) is 0 Å². The molecule has 0 aromatic carbocycles. The Morgan fingerprint density at radius 2 is 1.75 bits per heavy atom. The van der Waals surface area contributed by atoms with Crippen LogP contribution < -0.4 is 0 Å². The van der Waals surface area contributed by atoms with Gasteiger partial charge in [0.05, 0.1) is 31.0 Å². The molecule has 2 heterocycles. The predicted molar refractivity (Wildman–Crippen MR) is 69.8 cm³/mol. The van der Waals surface area contributed by atoms with Gasteiger partial charge in [0, 0.05) is 17.3 Å². The lowest BCUT2D eigenvalue weighted by atomic mass is 9.78. The minimum absolute atomic E-state index is 0.0117. The molecule has 0 radical (unpaired) electrons. The maximum Gasteiger partial charge on any atom is 0.163 e. The van der Waals surface area contributed by atoms with E-state index < -0.39 is 11.6 Å². The van der Waals surface area contributed by atoms with Crippen molar-refractivity contribution in [3.63, 3.8) is 0 Å². The summed E-state index contributed by atoms with van der Waals surface area (Å²) in [4.78, 5) is 2.97. The highest BCUT2D eigenvalue weighted by Gasteiger charge is 2.55. The van der Waals surface area contributed by atoms with Gasteiger partial charge in [-0.3, -0.25) is 0 Å². The van der Waals surface area contributed by atoms with Gasteiger partial charge >= 0.3 is 0 Å². The summed E-state index contributed by atoms with van der Waals surface area (Å²) in [6.07, 6.45) is 0.377. The maximum absolute atomic E-state index is 8.84. The van der Waals surface area contributed by atoms with E-state index in [9.17, 15) is 0 Å². The van der Waals surface area contributed by atoms with Gasteiger partial charge in [0.25, 0.3) is 0 Å². The van der Waals surface area contributed by atoms with Gasteiger partial charge in [-0.15, -0.1) is 0 Å². The number of nitrogens with zero attached hydrogens (tertiary/aromatic N) is 3. The Kier molecular flexibility index (Phi) is 3.23. The third kappa shape index (κ3) is 2.40. The zero-order valence-electron chi connectivity index (χ0n) is 12.3. The molecule has 0 unspecified atom stereocenters. The van der Waals surface area contributed by atoms with E-state index in [1.807, 2.05) is 27.7 Å². The van der Waals surface area contributed by atoms with Crippen molar-refractivity contribution >= 4 is 0 Å². The summed E-state index contributed by atoms with van der Waals surface area (Å²) in [7, 11) is 0. The number of ether oxygens (including phenoxy) is 4. The number of azide groups is 1. The Balaban J connectivity index is 1.88. The highest BCUT2D eigenvalue weighted by molar-refractivity contribution is 5.03. The topological polar surface area (TPSA) is 85.7 Å². The fourth-order valence-electron chi connectivity index (χ4n) is 3.45. The van der Waals surface area contributed by atoms with Crippen LogP contribution in [0.4, 0.5) is 0 Å². The van der Waals surface area contributed by atoms with E-state index in [1.165, 1.54) is 0 Å². The van der Waals surface area contributed by atoms with Crippen molar-refractivity contribution in [3.8, 4) is 0 Å². The summed E-state index contributed by atoms with van der Waals surface area (Å²) in [5.41, 5.74) is 8.84. The Morgan fingerprint density at radius 3 is 2.45 bits per heavy atom. The van der Waals surface area contributed by atoms with E-state index in [0.717, 1.165) is 6.42 Å². The van der Waals surface area contributed by atoms with Crippen molar-refractivity contribution in [3.05, 3.63) is 10.4 Å². The minimum Gasteiger partial charge on any atom is -0.350 e. The molecular weight excluding hydrogens is 262 g/mol. The normalized spacial score (nSPS) is 45.1. The zero-order chi connectivity index (χ0) is 14.5. The van der Waals surface area contributed by atoms with Crippen LogP contribution in [-0.2, 0) is 18.9 Å². The summed E-state index contributed by atoms with van der Waals surface area (Å²) in [6.45, 7) is 8.06. The van der Waals surface area contributed by atoms with Gasteiger partial charge in [0.1, 0.15) is 0 Å². The first kappa shape index (κ1) is 14.1. The van der Waals surface area contributed by atoms with Gasteiger partial charge in [-0.05, 0) is 33.2 Å². The molecule has 0 bridgehead atoms. The first-order valence-electron chi connectivity index (χ1n) is 7.03. The van der Waals surface area contributed by atoms with Crippen molar-refractivity contribution in [2.45, 2.75) is 70.0 Å². The standard InChI is InChI=1S/C13H21N3O4/c1-12(2)17-6-7-8(18-12)5-9-11(10(7)15-16-14)20-13(3,4)19-9/h7-11H,5-6H2,1-4H3/t7-,8+,9+,10+,11+/m1/s1. The third-order valence-corrected chi connectivity index (χ3v) is 4.18. The second kappa shape index (κ2) is 4.58. The summed E-state index contributed by atoms with van der Waals surface area (Å²) in [6, 6.07) is -0.318. The molecule has 3 aliphatic rings. The largest absolute Gasteiger partial charge is 0.350 e. The van der Waals surface area contributed by atoms with Crippen LogP contribution in [0.5, 0.6) is 0 Å². The lowest BCUT2D eigenvalue weighted by Gasteiger charge is -2.48. The molecule has 3 rings (SSSR count). The lowest BCUT2D eigenvalue weighted by Crippen LogP contribution is -2.58. The van der Waals surface area contributed by atoms with Crippen LogP contribution in [-0.4, -0.2) is 42.5 Å². The number of hydrogen-bond donors (Lipinski definition) is 0. The molecule has 0 spiro atoms. The zero-order valence-corrected chi connectivity index (χ0v) is 12.3. The van der Waals surface area contributed by atoms with Crippen LogP contribution in [0, 0.1) is 5.92 Å². The predicted octanol–water partition coefficient (Wildman–Crippen LogP) is 2.36. The highest BCUT2D eigenvalue weighted by Crippen LogP contribution is 2.44. The SMILES string of the molecule is CC1(C)OC[C@H]2[C@H](N=[N+]=[N-])[C@H]3OC(C)(C)O[C@H]3C[C@@H]2O1. The van der Waals surface area contributed by atoms with E-state index in [0.29, 0.717) is 6.61 Å². The Morgan fingerprint density at radius 1 is 1.05 bits per heavy atom. The van der Waals surface area contributed by atoms with E-state index in [4.69, 9.17) is 24.5 Å². The molecule has 20 heavy (non-hydrogen) atoms. The monoisotopic (exact) mass is 283 g/mol. The summed E-state index contributed by atoms with van der Waals surface area (Å²) in [5.74, 6) is -1.25. The molecule has 0 aromatic rings. The van der Waals surface area contributed by atoms with Crippen LogP contribution in [0.25, 0.3) is 10.4 Å². The smallest absolute Gasteiger partial charge is 0.163 e. The molecule has 7 heteroatoms. The van der Waals surface area contributed by atoms with Crippen LogP contribution in [0.2, 0.25) is 0 Å². The second-order valence-electron chi connectivity index (χ2n) is 6.60.